The first-order valence-electron chi connectivity index (χ1n) is 3.44. The molecule has 0 aromatic carbocycles. The molecule has 0 unspecified atom stereocenters. The topological polar surface area (TPSA) is 34.9 Å². The van der Waals surface area contributed by atoms with Crippen molar-refractivity contribution in [2.24, 2.45) is 7.05 Å². The van der Waals surface area contributed by atoms with Crippen LogP contribution in [0, 0.1) is 6.92 Å². The summed E-state index contributed by atoms with van der Waals surface area (Å²) in [5.41, 5.74) is -0.197. The predicted molar refractivity (Wildman–Crippen MR) is 43.1 cm³/mol. The lowest BCUT2D eigenvalue weighted by Crippen LogP contribution is -2.23. The standard InChI is InChI=1S/C7H7ClF2N2O/c1-4-11-3-5(12(4)2)6(13)7(8,9)10/h3H,1-2H3. The van der Waals surface area contributed by atoms with Crippen LogP contribution in [0.25, 0.3) is 0 Å². The molecule has 1 aromatic rings. The molecule has 6 heteroatoms. The Morgan fingerprint density at radius 1 is 1.69 bits per heavy atom. The maximum Gasteiger partial charge on any atom is 0.386 e. The summed E-state index contributed by atoms with van der Waals surface area (Å²) in [6.07, 6.45) is 1.08. The van der Waals surface area contributed by atoms with Crippen molar-refractivity contribution in [3.63, 3.8) is 0 Å². The van der Waals surface area contributed by atoms with Crippen molar-refractivity contribution in [2.45, 2.75) is 12.3 Å². The number of rotatable bonds is 2. The van der Waals surface area contributed by atoms with E-state index in [1.54, 1.807) is 6.92 Å². The monoisotopic (exact) mass is 208 g/mol. The van der Waals surface area contributed by atoms with Gasteiger partial charge < -0.3 is 4.57 Å². The van der Waals surface area contributed by atoms with Crippen LogP contribution in [0.15, 0.2) is 6.20 Å². The summed E-state index contributed by atoms with van der Waals surface area (Å²) >= 11 is 4.58. The van der Waals surface area contributed by atoms with Gasteiger partial charge in [0.1, 0.15) is 11.5 Å². The molecule has 72 valence electrons. The third-order valence-electron chi connectivity index (χ3n) is 1.71. The Morgan fingerprint density at radius 2 is 2.23 bits per heavy atom. The third-order valence-corrected chi connectivity index (χ3v) is 1.88. The van der Waals surface area contributed by atoms with Gasteiger partial charge >= 0.3 is 5.38 Å². The van der Waals surface area contributed by atoms with Crippen molar-refractivity contribution in [1.29, 1.82) is 0 Å². The number of halogens is 3. The van der Waals surface area contributed by atoms with Gasteiger partial charge in [-0.2, -0.15) is 8.78 Å². The van der Waals surface area contributed by atoms with E-state index < -0.39 is 11.2 Å². The van der Waals surface area contributed by atoms with Crippen LogP contribution in [0.3, 0.4) is 0 Å². The van der Waals surface area contributed by atoms with E-state index in [0.29, 0.717) is 5.82 Å². The molecule has 1 aromatic heterocycles. The van der Waals surface area contributed by atoms with Gasteiger partial charge in [0.15, 0.2) is 0 Å². The Labute approximate surface area is 78.3 Å². The highest BCUT2D eigenvalue weighted by atomic mass is 35.5. The average molecular weight is 209 g/mol. The summed E-state index contributed by atoms with van der Waals surface area (Å²) < 4.78 is 26.0. The van der Waals surface area contributed by atoms with E-state index >= 15 is 0 Å². The number of carbonyl (C=O) groups is 1. The van der Waals surface area contributed by atoms with Crippen LogP contribution in [-0.4, -0.2) is 20.7 Å². The van der Waals surface area contributed by atoms with Crippen molar-refractivity contribution in [3.05, 3.63) is 17.7 Å². The zero-order valence-electron chi connectivity index (χ0n) is 7.01. The maximum atomic E-state index is 12.4. The highest BCUT2D eigenvalue weighted by Crippen LogP contribution is 2.24. The number of imidazole rings is 1. The summed E-state index contributed by atoms with van der Waals surface area (Å²) in [5, 5.41) is -3.86. The third kappa shape index (κ3) is 1.85. The second-order valence-electron chi connectivity index (χ2n) is 2.58. The van der Waals surface area contributed by atoms with Gasteiger partial charge in [0, 0.05) is 7.05 Å². The number of ketones is 1. The Balaban J connectivity index is 3.10. The number of aromatic nitrogens is 2. The molecular weight excluding hydrogens is 202 g/mol. The van der Waals surface area contributed by atoms with Crippen LogP contribution in [0.1, 0.15) is 16.3 Å². The Hall–Kier alpha value is -0.970. The Bertz CT molecular complexity index is 343. The van der Waals surface area contributed by atoms with E-state index in [0.717, 1.165) is 6.20 Å². The summed E-state index contributed by atoms with van der Waals surface area (Å²) in [5.74, 6) is -0.957. The first kappa shape index (κ1) is 10.1. The molecule has 0 radical (unpaired) electrons. The van der Waals surface area contributed by atoms with E-state index in [9.17, 15) is 13.6 Å². The highest BCUT2D eigenvalue weighted by molar-refractivity contribution is 6.35. The molecule has 0 aliphatic rings. The average Bonchev–Trinajstić information content (AvgIpc) is 2.30. The molecule has 0 fully saturated rings. The summed E-state index contributed by atoms with van der Waals surface area (Å²) in [6.45, 7) is 1.60. The minimum Gasteiger partial charge on any atom is -0.329 e. The molecule has 0 spiro atoms. The van der Waals surface area contributed by atoms with Gasteiger partial charge in [-0.05, 0) is 18.5 Å². The lowest BCUT2D eigenvalue weighted by Gasteiger charge is -2.06. The molecule has 0 aliphatic heterocycles. The van der Waals surface area contributed by atoms with E-state index in [4.69, 9.17) is 0 Å². The molecular formula is C7H7ClF2N2O. The molecule has 0 saturated heterocycles. The fourth-order valence-corrected chi connectivity index (χ4v) is 0.955. The first-order chi connectivity index (χ1) is 5.84. The number of hydrogen-bond donors (Lipinski definition) is 0. The van der Waals surface area contributed by atoms with Gasteiger partial charge in [0.05, 0.1) is 6.20 Å². The molecule has 1 rings (SSSR count). The molecule has 0 amide bonds. The van der Waals surface area contributed by atoms with Gasteiger partial charge in [-0.3, -0.25) is 4.79 Å². The van der Waals surface area contributed by atoms with E-state index in [2.05, 4.69) is 16.6 Å². The van der Waals surface area contributed by atoms with Gasteiger partial charge in [-0.25, -0.2) is 4.98 Å². The summed E-state index contributed by atoms with van der Waals surface area (Å²) in [6, 6.07) is 0. The number of carbonyl (C=O) groups excluding carboxylic acids is 1. The SMILES string of the molecule is Cc1ncc(C(=O)C(F)(F)Cl)n1C. The maximum absolute atomic E-state index is 12.4. The minimum absolute atomic E-state index is 0.197. The van der Waals surface area contributed by atoms with Crippen LogP contribution < -0.4 is 0 Å². The van der Waals surface area contributed by atoms with E-state index in [1.165, 1.54) is 11.6 Å². The molecule has 0 atom stereocenters. The van der Waals surface area contributed by atoms with Crippen molar-refractivity contribution in [2.75, 3.05) is 0 Å². The van der Waals surface area contributed by atoms with Crippen LogP contribution in [0.4, 0.5) is 8.78 Å². The van der Waals surface area contributed by atoms with E-state index in [-0.39, 0.29) is 5.69 Å². The minimum atomic E-state index is -3.86. The second-order valence-corrected chi connectivity index (χ2v) is 3.05. The largest absolute Gasteiger partial charge is 0.386 e. The predicted octanol–water partition coefficient (Wildman–Crippen LogP) is 1.74. The van der Waals surface area contributed by atoms with Crippen LogP contribution in [0.2, 0.25) is 0 Å². The number of nitrogens with zero attached hydrogens (tertiary/aromatic N) is 2. The van der Waals surface area contributed by atoms with E-state index in [1.807, 2.05) is 0 Å². The zero-order valence-corrected chi connectivity index (χ0v) is 7.77. The lowest BCUT2D eigenvalue weighted by molar-refractivity contribution is 0.0526. The fraction of sp³-hybridized carbons (Fsp3) is 0.429. The van der Waals surface area contributed by atoms with Gasteiger partial charge in [-0.15, -0.1) is 0 Å². The second kappa shape index (κ2) is 3.06. The number of Topliss-reactive ketones (excluding diaryl/α,β-unsaturated/α-hetero) is 1. The quantitative estimate of drug-likeness (QED) is 0.548. The Morgan fingerprint density at radius 3 is 2.54 bits per heavy atom. The summed E-state index contributed by atoms with van der Waals surface area (Å²) in [4.78, 5) is 14.7. The normalized spacial score (nSPS) is 11.8. The van der Waals surface area contributed by atoms with Crippen LogP contribution in [-0.2, 0) is 7.05 Å². The number of aryl methyl sites for hydroxylation is 1. The van der Waals surface area contributed by atoms with Crippen molar-refractivity contribution < 1.29 is 13.6 Å². The van der Waals surface area contributed by atoms with Crippen molar-refractivity contribution in [3.8, 4) is 0 Å². The van der Waals surface area contributed by atoms with Crippen LogP contribution in [0.5, 0.6) is 0 Å². The van der Waals surface area contributed by atoms with Gasteiger partial charge in [-0.1, -0.05) is 0 Å². The lowest BCUT2D eigenvalue weighted by atomic mass is 10.3. The summed E-state index contributed by atoms with van der Waals surface area (Å²) in [7, 11) is 1.47. The molecule has 13 heavy (non-hydrogen) atoms. The van der Waals surface area contributed by atoms with Crippen molar-refractivity contribution in [1.82, 2.24) is 9.55 Å². The zero-order chi connectivity index (χ0) is 10.2. The molecule has 1 heterocycles. The number of hydrogen-bond acceptors (Lipinski definition) is 2. The Kier molecular flexibility index (Phi) is 2.38. The molecule has 0 saturated carbocycles. The highest BCUT2D eigenvalue weighted by Gasteiger charge is 2.38. The fourth-order valence-electron chi connectivity index (χ4n) is 0.858. The van der Waals surface area contributed by atoms with Gasteiger partial charge in [0.25, 0.3) is 5.78 Å². The number of alkyl halides is 3. The molecule has 0 N–H and O–H groups in total. The van der Waals surface area contributed by atoms with Crippen molar-refractivity contribution >= 4 is 17.4 Å². The van der Waals surface area contributed by atoms with Gasteiger partial charge in [0.2, 0.25) is 0 Å². The molecule has 0 aliphatic carbocycles. The smallest absolute Gasteiger partial charge is 0.329 e. The first-order valence-corrected chi connectivity index (χ1v) is 3.81. The van der Waals surface area contributed by atoms with Crippen LogP contribution >= 0.6 is 11.6 Å². The molecule has 0 bridgehead atoms. The molecule has 3 nitrogen and oxygen atoms in total.